The first kappa shape index (κ1) is 12.3. The van der Waals surface area contributed by atoms with Gasteiger partial charge in [-0.3, -0.25) is 0 Å². The van der Waals surface area contributed by atoms with Crippen molar-refractivity contribution >= 4 is 15.7 Å². The molecule has 0 saturated carbocycles. The summed E-state index contributed by atoms with van der Waals surface area (Å²) in [6, 6.07) is 6.09. The molecule has 1 fully saturated rings. The molecule has 2 rings (SSSR count). The maximum Gasteiger partial charge on any atom is 0.245 e. The Morgan fingerprint density at radius 1 is 1.41 bits per heavy atom. The first-order chi connectivity index (χ1) is 8.07. The van der Waals surface area contributed by atoms with Crippen LogP contribution in [-0.2, 0) is 10.0 Å². The van der Waals surface area contributed by atoms with Crippen LogP contribution >= 0.6 is 0 Å². The van der Waals surface area contributed by atoms with E-state index in [1.54, 1.807) is 18.2 Å². The average molecular weight is 256 g/mol. The Kier molecular flexibility index (Phi) is 3.37. The number of nitrogen functional groups attached to an aromatic ring is 1. The fourth-order valence-electron chi connectivity index (χ4n) is 2.15. The summed E-state index contributed by atoms with van der Waals surface area (Å²) < 4.78 is 26.1. The number of anilines is 1. The fraction of sp³-hybridized carbons (Fsp3) is 0.455. The second kappa shape index (κ2) is 4.64. The summed E-state index contributed by atoms with van der Waals surface area (Å²) in [5.74, 6) is 0. The van der Waals surface area contributed by atoms with Gasteiger partial charge in [0.15, 0.2) is 0 Å². The molecule has 0 aromatic heterocycles. The van der Waals surface area contributed by atoms with E-state index in [1.165, 1.54) is 10.4 Å². The van der Waals surface area contributed by atoms with Gasteiger partial charge in [-0.2, -0.15) is 4.31 Å². The highest BCUT2D eigenvalue weighted by Gasteiger charge is 2.35. The van der Waals surface area contributed by atoms with Crippen LogP contribution < -0.4 is 5.73 Å². The minimum atomic E-state index is -3.58. The van der Waals surface area contributed by atoms with Crippen LogP contribution in [0.15, 0.2) is 29.2 Å². The van der Waals surface area contributed by atoms with Crippen molar-refractivity contribution in [2.75, 3.05) is 18.9 Å². The molecule has 0 spiro atoms. The highest BCUT2D eigenvalue weighted by atomic mass is 32.2. The van der Waals surface area contributed by atoms with Gasteiger partial charge in [-0.05, 0) is 25.0 Å². The molecule has 0 amide bonds. The van der Waals surface area contributed by atoms with Crippen molar-refractivity contribution in [2.45, 2.75) is 23.8 Å². The van der Waals surface area contributed by atoms with Crippen molar-refractivity contribution in [1.29, 1.82) is 0 Å². The molecule has 3 N–H and O–H groups in total. The first-order valence-electron chi connectivity index (χ1n) is 5.54. The van der Waals surface area contributed by atoms with Crippen molar-refractivity contribution in [3.05, 3.63) is 24.3 Å². The number of sulfonamides is 1. The van der Waals surface area contributed by atoms with Crippen LogP contribution in [0.25, 0.3) is 0 Å². The summed E-state index contributed by atoms with van der Waals surface area (Å²) in [6.45, 7) is 0.299. The maximum atomic E-state index is 12.4. The van der Waals surface area contributed by atoms with Gasteiger partial charge in [-0.1, -0.05) is 12.1 Å². The molecule has 17 heavy (non-hydrogen) atoms. The van der Waals surface area contributed by atoms with Crippen molar-refractivity contribution in [3.63, 3.8) is 0 Å². The number of para-hydroxylation sites is 1. The summed E-state index contributed by atoms with van der Waals surface area (Å²) in [6.07, 6.45) is 1.47. The van der Waals surface area contributed by atoms with E-state index in [0.717, 1.165) is 6.42 Å². The van der Waals surface area contributed by atoms with Crippen molar-refractivity contribution in [3.8, 4) is 0 Å². The van der Waals surface area contributed by atoms with E-state index < -0.39 is 10.0 Å². The number of benzene rings is 1. The van der Waals surface area contributed by atoms with E-state index >= 15 is 0 Å². The van der Waals surface area contributed by atoms with Gasteiger partial charge in [0.2, 0.25) is 10.0 Å². The Morgan fingerprint density at radius 2 is 2.12 bits per heavy atom. The summed E-state index contributed by atoms with van der Waals surface area (Å²) >= 11 is 0. The summed E-state index contributed by atoms with van der Waals surface area (Å²) in [5.41, 5.74) is 5.94. The normalized spacial score (nSPS) is 21.8. The summed E-state index contributed by atoms with van der Waals surface area (Å²) in [4.78, 5) is 0.125. The van der Waals surface area contributed by atoms with Gasteiger partial charge in [0.05, 0.1) is 12.3 Å². The van der Waals surface area contributed by atoms with Gasteiger partial charge in [0.25, 0.3) is 0 Å². The quantitative estimate of drug-likeness (QED) is 0.767. The lowest BCUT2D eigenvalue weighted by atomic mass is 10.2. The Hall–Kier alpha value is -1.11. The van der Waals surface area contributed by atoms with Crippen molar-refractivity contribution in [2.24, 2.45) is 0 Å². The molecule has 6 heteroatoms. The predicted octanol–water partition coefficient (Wildman–Crippen LogP) is 0.414. The van der Waals surface area contributed by atoms with Gasteiger partial charge in [0, 0.05) is 12.6 Å². The molecule has 1 unspecified atom stereocenters. The molecule has 5 nitrogen and oxygen atoms in total. The van der Waals surface area contributed by atoms with Crippen LogP contribution in [0.1, 0.15) is 12.8 Å². The fourth-order valence-corrected chi connectivity index (χ4v) is 3.95. The Morgan fingerprint density at radius 3 is 2.76 bits per heavy atom. The van der Waals surface area contributed by atoms with E-state index in [9.17, 15) is 13.5 Å². The third-order valence-electron chi connectivity index (χ3n) is 3.04. The molecule has 1 aliphatic rings. The van der Waals surface area contributed by atoms with Gasteiger partial charge < -0.3 is 10.8 Å². The third-order valence-corrected chi connectivity index (χ3v) is 5.07. The van der Waals surface area contributed by atoms with Crippen LogP contribution in [0.2, 0.25) is 0 Å². The Bertz CT molecular complexity index is 501. The minimum absolute atomic E-state index is 0.125. The second-order valence-electron chi connectivity index (χ2n) is 4.13. The zero-order chi connectivity index (χ0) is 12.5. The van der Waals surface area contributed by atoms with E-state index in [4.69, 9.17) is 5.73 Å². The molecule has 1 saturated heterocycles. The predicted molar refractivity (Wildman–Crippen MR) is 64.9 cm³/mol. The standard InChI is InChI=1S/C11H16N2O3S/c12-10-5-1-2-6-11(10)17(15,16)13-7-3-4-9(13)8-14/h1-2,5-6,9,14H,3-4,7-8,12H2. The first-order valence-corrected chi connectivity index (χ1v) is 6.98. The van der Waals surface area contributed by atoms with E-state index in [2.05, 4.69) is 0 Å². The highest BCUT2D eigenvalue weighted by Crippen LogP contribution is 2.28. The number of hydrogen-bond acceptors (Lipinski definition) is 4. The molecule has 1 aliphatic heterocycles. The lowest BCUT2D eigenvalue weighted by molar-refractivity contribution is 0.213. The molecule has 1 aromatic rings. The molecule has 1 atom stereocenters. The molecule has 0 bridgehead atoms. The van der Waals surface area contributed by atoms with E-state index in [0.29, 0.717) is 13.0 Å². The van der Waals surface area contributed by atoms with E-state index in [-0.39, 0.29) is 23.2 Å². The smallest absolute Gasteiger partial charge is 0.245 e. The monoisotopic (exact) mass is 256 g/mol. The average Bonchev–Trinajstić information content (AvgIpc) is 2.78. The minimum Gasteiger partial charge on any atom is -0.398 e. The second-order valence-corrected chi connectivity index (χ2v) is 5.99. The largest absolute Gasteiger partial charge is 0.398 e. The molecule has 94 valence electrons. The van der Waals surface area contributed by atoms with Gasteiger partial charge >= 0.3 is 0 Å². The number of hydrogen-bond donors (Lipinski definition) is 2. The highest BCUT2D eigenvalue weighted by molar-refractivity contribution is 7.89. The molecule has 0 radical (unpaired) electrons. The lowest BCUT2D eigenvalue weighted by Crippen LogP contribution is -2.37. The number of aliphatic hydroxyl groups is 1. The lowest BCUT2D eigenvalue weighted by Gasteiger charge is -2.23. The number of rotatable bonds is 3. The molecule has 1 aromatic carbocycles. The molecular weight excluding hydrogens is 240 g/mol. The van der Waals surface area contributed by atoms with Crippen molar-refractivity contribution in [1.82, 2.24) is 4.31 Å². The van der Waals surface area contributed by atoms with E-state index in [1.807, 2.05) is 0 Å². The molecule has 0 aliphatic carbocycles. The maximum absolute atomic E-state index is 12.4. The zero-order valence-electron chi connectivity index (χ0n) is 9.41. The van der Waals surface area contributed by atoms with Crippen LogP contribution in [0.5, 0.6) is 0 Å². The third kappa shape index (κ3) is 2.15. The van der Waals surface area contributed by atoms with Crippen LogP contribution in [-0.4, -0.2) is 37.0 Å². The van der Waals surface area contributed by atoms with Crippen LogP contribution in [0, 0.1) is 0 Å². The van der Waals surface area contributed by atoms with Gasteiger partial charge in [-0.25, -0.2) is 8.42 Å². The van der Waals surface area contributed by atoms with Gasteiger partial charge in [0.1, 0.15) is 4.90 Å². The summed E-state index contributed by atoms with van der Waals surface area (Å²) in [7, 11) is -3.58. The number of nitrogens with zero attached hydrogens (tertiary/aromatic N) is 1. The zero-order valence-corrected chi connectivity index (χ0v) is 10.2. The van der Waals surface area contributed by atoms with Gasteiger partial charge in [-0.15, -0.1) is 0 Å². The Balaban J connectivity index is 2.40. The van der Waals surface area contributed by atoms with Crippen LogP contribution in [0.3, 0.4) is 0 Å². The molecular formula is C11H16N2O3S. The SMILES string of the molecule is Nc1ccccc1S(=O)(=O)N1CCCC1CO. The van der Waals surface area contributed by atoms with Crippen molar-refractivity contribution < 1.29 is 13.5 Å². The van der Waals surface area contributed by atoms with Crippen LogP contribution in [0.4, 0.5) is 5.69 Å². The number of aliphatic hydroxyl groups excluding tert-OH is 1. The summed E-state index contributed by atoms with van der Waals surface area (Å²) in [5, 5.41) is 9.18. The topological polar surface area (TPSA) is 83.6 Å². The molecule has 1 heterocycles. The Labute approximate surface area is 101 Å². The number of nitrogens with two attached hydrogens (primary N) is 1.